The Kier molecular flexibility index (Phi) is 3.59. The summed E-state index contributed by atoms with van der Waals surface area (Å²) in [7, 11) is 1.48. The fourth-order valence-corrected chi connectivity index (χ4v) is 1.08. The van der Waals surface area contributed by atoms with Crippen LogP contribution in [0.25, 0.3) is 0 Å². The van der Waals surface area contributed by atoms with Crippen LogP contribution in [0.5, 0.6) is 0 Å². The van der Waals surface area contributed by atoms with Gasteiger partial charge in [-0.05, 0) is 18.6 Å². The molecule has 0 aliphatic carbocycles. The average Bonchev–Trinajstić information content (AvgIpc) is 2.19. The number of oxime groups is 1. The highest BCUT2D eigenvalue weighted by molar-refractivity contribution is 6.01. The van der Waals surface area contributed by atoms with E-state index in [0.717, 1.165) is 0 Å². The summed E-state index contributed by atoms with van der Waals surface area (Å²) in [4.78, 5) is 0. The van der Waals surface area contributed by atoms with E-state index in [2.05, 4.69) is 5.16 Å². The second-order valence-corrected chi connectivity index (χ2v) is 2.94. The van der Waals surface area contributed by atoms with Crippen LogP contribution >= 0.6 is 0 Å². The number of halogens is 1. The molecule has 1 aromatic rings. The first-order valence-electron chi connectivity index (χ1n) is 4.15. The van der Waals surface area contributed by atoms with Crippen LogP contribution in [0.15, 0.2) is 23.4 Å². The standard InChI is InChI=1S/C10H12FNO2/c1-7-3-4-8(5-9(7)11)10(12-13)6-14-2/h3-5,13H,6H2,1-2H3/b12-10+. The van der Waals surface area contributed by atoms with Crippen molar-refractivity contribution in [3.8, 4) is 0 Å². The molecule has 0 spiro atoms. The molecule has 14 heavy (non-hydrogen) atoms. The summed E-state index contributed by atoms with van der Waals surface area (Å²) in [5, 5.41) is 11.7. The van der Waals surface area contributed by atoms with Gasteiger partial charge in [0.15, 0.2) is 0 Å². The zero-order valence-electron chi connectivity index (χ0n) is 8.12. The van der Waals surface area contributed by atoms with Crippen molar-refractivity contribution in [1.29, 1.82) is 0 Å². The molecule has 1 N–H and O–H groups in total. The highest BCUT2D eigenvalue weighted by Gasteiger charge is 2.06. The maximum atomic E-state index is 13.1. The summed E-state index contributed by atoms with van der Waals surface area (Å²) in [5.41, 5.74) is 1.40. The van der Waals surface area contributed by atoms with Gasteiger partial charge < -0.3 is 9.94 Å². The Morgan fingerprint density at radius 2 is 2.29 bits per heavy atom. The number of ether oxygens (including phenoxy) is 1. The molecule has 0 heterocycles. The summed E-state index contributed by atoms with van der Waals surface area (Å²) in [6.07, 6.45) is 0. The van der Waals surface area contributed by atoms with E-state index in [-0.39, 0.29) is 12.4 Å². The summed E-state index contributed by atoms with van der Waals surface area (Å²) in [6, 6.07) is 4.64. The van der Waals surface area contributed by atoms with E-state index in [1.165, 1.54) is 13.2 Å². The first kappa shape index (κ1) is 10.7. The van der Waals surface area contributed by atoms with E-state index >= 15 is 0 Å². The summed E-state index contributed by atoms with van der Waals surface area (Å²) >= 11 is 0. The lowest BCUT2D eigenvalue weighted by atomic mass is 10.1. The molecular weight excluding hydrogens is 185 g/mol. The largest absolute Gasteiger partial charge is 0.411 e. The molecule has 0 atom stereocenters. The lowest BCUT2D eigenvalue weighted by molar-refractivity contribution is 0.238. The third-order valence-corrected chi connectivity index (χ3v) is 1.91. The Morgan fingerprint density at radius 3 is 2.79 bits per heavy atom. The Morgan fingerprint density at radius 1 is 1.57 bits per heavy atom. The fourth-order valence-electron chi connectivity index (χ4n) is 1.08. The number of benzene rings is 1. The molecular formula is C10H12FNO2. The maximum absolute atomic E-state index is 13.1. The van der Waals surface area contributed by atoms with Crippen molar-refractivity contribution in [3.63, 3.8) is 0 Å². The van der Waals surface area contributed by atoms with E-state index in [1.54, 1.807) is 19.1 Å². The zero-order chi connectivity index (χ0) is 10.6. The smallest absolute Gasteiger partial charge is 0.126 e. The number of hydrogen-bond acceptors (Lipinski definition) is 3. The van der Waals surface area contributed by atoms with Crippen molar-refractivity contribution in [1.82, 2.24) is 0 Å². The van der Waals surface area contributed by atoms with Gasteiger partial charge in [-0.2, -0.15) is 0 Å². The predicted octanol–water partition coefficient (Wildman–Crippen LogP) is 1.96. The highest BCUT2D eigenvalue weighted by Crippen LogP contribution is 2.10. The van der Waals surface area contributed by atoms with Crippen molar-refractivity contribution in [2.75, 3.05) is 13.7 Å². The fraction of sp³-hybridized carbons (Fsp3) is 0.300. The van der Waals surface area contributed by atoms with Crippen LogP contribution in [0.4, 0.5) is 4.39 Å². The summed E-state index contributed by atoms with van der Waals surface area (Å²) in [5.74, 6) is -0.320. The summed E-state index contributed by atoms with van der Waals surface area (Å²) in [6.45, 7) is 1.82. The number of aryl methyl sites for hydroxylation is 1. The molecule has 0 aliphatic heterocycles. The molecule has 0 aromatic heterocycles. The Hall–Kier alpha value is -1.42. The van der Waals surface area contributed by atoms with Crippen LogP contribution in [0.1, 0.15) is 11.1 Å². The molecule has 0 saturated heterocycles. The second kappa shape index (κ2) is 4.72. The molecule has 4 heteroatoms. The number of hydrogen-bond donors (Lipinski definition) is 1. The molecule has 0 fully saturated rings. The second-order valence-electron chi connectivity index (χ2n) is 2.94. The van der Waals surface area contributed by atoms with E-state index in [1.807, 2.05) is 0 Å². The van der Waals surface area contributed by atoms with Crippen molar-refractivity contribution in [3.05, 3.63) is 35.1 Å². The van der Waals surface area contributed by atoms with Crippen LogP contribution in [-0.4, -0.2) is 24.6 Å². The SMILES string of the molecule is COC/C(=N\O)c1ccc(C)c(F)c1. The molecule has 76 valence electrons. The molecule has 1 aromatic carbocycles. The highest BCUT2D eigenvalue weighted by atomic mass is 19.1. The minimum atomic E-state index is -0.320. The minimum absolute atomic E-state index is 0.152. The number of methoxy groups -OCH3 is 1. The van der Waals surface area contributed by atoms with Crippen molar-refractivity contribution in [2.45, 2.75) is 6.92 Å². The normalized spacial score (nSPS) is 11.8. The summed E-state index contributed by atoms with van der Waals surface area (Å²) < 4.78 is 17.9. The zero-order valence-corrected chi connectivity index (χ0v) is 8.12. The maximum Gasteiger partial charge on any atom is 0.126 e. The molecule has 0 saturated carbocycles. The first-order valence-corrected chi connectivity index (χ1v) is 4.15. The molecule has 3 nitrogen and oxygen atoms in total. The van der Waals surface area contributed by atoms with Crippen molar-refractivity contribution in [2.24, 2.45) is 5.16 Å². The van der Waals surface area contributed by atoms with Gasteiger partial charge in [-0.15, -0.1) is 0 Å². The van der Waals surface area contributed by atoms with Crippen LogP contribution in [0, 0.1) is 12.7 Å². The third-order valence-electron chi connectivity index (χ3n) is 1.91. The van der Waals surface area contributed by atoms with Gasteiger partial charge in [-0.3, -0.25) is 0 Å². The monoisotopic (exact) mass is 197 g/mol. The lowest BCUT2D eigenvalue weighted by Crippen LogP contribution is -2.09. The van der Waals surface area contributed by atoms with Crippen LogP contribution in [0.3, 0.4) is 0 Å². The molecule has 0 radical (unpaired) electrons. The molecule has 0 amide bonds. The van der Waals surface area contributed by atoms with Gasteiger partial charge in [-0.25, -0.2) is 4.39 Å². The van der Waals surface area contributed by atoms with Gasteiger partial charge in [0.1, 0.15) is 11.5 Å². The molecule has 0 bridgehead atoms. The van der Waals surface area contributed by atoms with Gasteiger partial charge in [0.05, 0.1) is 6.61 Å². The van der Waals surface area contributed by atoms with Crippen LogP contribution in [0.2, 0.25) is 0 Å². The van der Waals surface area contributed by atoms with Gasteiger partial charge >= 0.3 is 0 Å². The van der Waals surface area contributed by atoms with E-state index < -0.39 is 0 Å². The van der Waals surface area contributed by atoms with Crippen LogP contribution in [-0.2, 0) is 4.74 Å². The van der Waals surface area contributed by atoms with Crippen molar-refractivity contribution >= 4 is 5.71 Å². The first-order chi connectivity index (χ1) is 6.69. The topological polar surface area (TPSA) is 41.8 Å². The number of nitrogens with zero attached hydrogens (tertiary/aromatic N) is 1. The predicted molar refractivity (Wildman–Crippen MR) is 51.3 cm³/mol. The van der Waals surface area contributed by atoms with Gasteiger partial charge in [0.2, 0.25) is 0 Å². The van der Waals surface area contributed by atoms with Crippen LogP contribution < -0.4 is 0 Å². The number of rotatable bonds is 3. The quantitative estimate of drug-likeness (QED) is 0.457. The Balaban J connectivity index is 3.00. The van der Waals surface area contributed by atoms with E-state index in [9.17, 15) is 4.39 Å². The van der Waals surface area contributed by atoms with Gasteiger partial charge in [0, 0.05) is 12.7 Å². The Labute approximate surface area is 81.8 Å². The van der Waals surface area contributed by atoms with E-state index in [4.69, 9.17) is 9.94 Å². The van der Waals surface area contributed by atoms with Crippen molar-refractivity contribution < 1.29 is 14.3 Å². The average molecular weight is 197 g/mol. The molecule has 1 rings (SSSR count). The Bertz CT molecular complexity index is 350. The van der Waals surface area contributed by atoms with E-state index in [0.29, 0.717) is 16.8 Å². The third kappa shape index (κ3) is 2.29. The minimum Gasteiger partial charge on any atom is -0.411 e. The van der Waals surface area contributed by atoms with Gasteiger partial charge in [0.25, 0.3) is 0 Å². The van der Waals surface area contributed by atoms with Gasteiger partial charge in [-0.1, -0.05) is 17.3 Å². The molecule has 0 aliphatic rings. The molecule has 0 unspecified atom stereocenters. The lowest BCUT2D eigenvalue weighted by Gasteiger charge is -2.04.